The summed E-state index contributed by atoms with van der Waals surface area (Å²) in [6, 6.07) is 44.0. The molecular weight excluding hydrogens is 551 g/mol. The molecule has 1 aliphatic heterocycles. The smallest absolute Gasteiger partial charge is 0.371 e. The van der Waals surface area contributed by atoms with Gasteiger partial charge in [0, 0.05) is 49.4 Å². The van der Waals surface area contributed by atoms with Crippen molar-refractivity contribution in [2.24, 2.45) is 0 Å². The number of furan rings is 1. The Labute approximate surface area is 260 Å². The Morgan fingerprint density at radius 2 is 0.889 bits per heavy atom. The van der Waals surface area contributed by atoms with Crippen molar-refractivity contribution in [2.45, 2.75) is 6.82 Å². The third-order valence-electron chi connectivity index (χ3n) is 10.2. The van der Waals surface area contributed by atoms with Crippen LogP contribution in [0.3, 0.4) is 0 Å². The average Bonchev–Trinajstić information content (AvgIpc) is 3.78. The van der Waals surface area contributed by atoms with Crippen molar-refractivity contribution in [3.63, 3.8) is 0 Å². The maximum atomic E-state index is 6.41. The molecule has 45 heavy (non-hydrogen) atoms. The summed E-state index contributed by atoms with van der Waals surface area (Å²) in [6.07, 6.45) is 0. The lowest BCUT2D eigenvalue weighted by Gasteiger charge is -2.18. The summed E-state index contributed by atoms with van der Waals surface area (Å²) in [5.41, 5.74) is 11.4. The van der Waals surface area contributed by atoms with Gasteiger partial charge in [-0.15, -0.1) is 0 Å². The summed E-state index contributed by atoms with van der Waals surface area (Å²) in [5.74, 6) is 0. The van der Waals surface area contributed by atoms with Gasteiger partial charge in [0.2, 0.25) is 0 Å². The van der Waals surface area contributed by atoms with Crippen LogP contribution >= 0.6 is 0 Å². The van der Waals surface area contributed by atoms with Crippen LogP contribution in [0, 0.1) is 0 Å². The van der Waals surface area contributed by atoms with Gasteiger partial charge >= 0.3 is 6.98 Å². The number of para-hydroxylation sites is 3. The van der Waals surface area contributed by atoms with E-state index in [1.807, 2.05) is 0 Å². The zero-order valence-corrected chi connectivity index (χ0v) is 25.3. The third kappa shape index (κ3) is 3.23. The predicted molar refractivity (Wildman–Crippen MR) is 191 cm³/mol. The van der Waals surface area contributed by atoms with Crippen molar-refractivity contribution in [3.8, 4) is 11.4 Å². The van der Waals surface area contributed by atoms with E-state index in [-0.39, 0.29) is 0 Å². The Bertz CT molecular complexity index is 2630. The molecule has 10 rings (SSSR count). The molecular formula is C39H29BN4O. The van der Waals surface area contributed by atoms with E-state index in [2.05, 4.69) is 161 Å². The summed E-state index contributed by atoms with van der Waals surface area (Å²) in [7, 11) is 4.37. The number of rotatable bonds is 2. The Kier molecular flexibility index (Phi) is 4.81. The summed E-state index contributed by atoms with van der Waals surface area (Å²) in [6.45, 7) is 2.56. The number of nitrogens with zero attached hydrogens (tertiary/aromatic N) is 4. The van der Waals surface area contributed by atoms with E-state index in [0.29, 0.717) is 6.98 Å². The third-order valence-corrected chi connectivity index (χ3v) is 10.2. The Hall–Kier alpha value is -5.62. The van der Waals surface area contributed by atoms with E-state index in [1.165, 1.54) is 55.0 Å². The van der Waals surface area contributed by atoms with Gasteiger partial charge in [0.1, 0.15) is 11.2 Å². The second-order valence-electron chi connectivity index (χ2n) is 12.4. The summed E-state index contributed by atoms with van der Waals surface area (Å²) >= 11 is 0. The number of hydrogen-bond acceptors (Lipinski definition) is 3. The fourth-order valence-electron chi connectivity index (χ4n) is 7.73. The summed E-state index contributed by atoms with van der Waals surface area (Å²) in [5, 5.41) is 7.28. The van der Waals surface area contributed by atoms with Crippen molar-refractivity contribution in [1.29, 1.82) is 0 Å². The summed E-state index contributed by atoms with van der Waals surface area (Å²) in [4.78, 5) is 4.72. The van der Waals surface area contributed by atoms with E-state index < -0.39 is 0 Å². The van der Waals surface area contributed by atoms with Gasteiger partial charge in [0.25, 0.3) is 0 Å². The van der Waals surface area contributed by atoms with Gasteiger partial charge in [-0.2, -0.15) is 0 Å². The first kappa shape index (κ1) is 24.8. The fourth-order valence-corrected chi connectivity index (χ4v) is 7.73. The van der Waals surface area contributed by atoms with Crippen LogP contribution in [-0.4, -0.2) is 30.2 Å². The van der Waals surface area contributed by atoms with Gasteiger partial charge in [0.05, 0.1) is 27.8 Å². The van der Waals surface area contributed by atoms with Gasteiger partial charge in [0.15, 0.2) is 0 Å². The molecule has 0 spiro atoms. The number of fused-ring (bicyclic) bond motifs is 10. The predicted octanol–water partition coefficient (Wildman–Crippen LogP) is 9.78. The minimum absolute atomic E-state index is 0.309. The van der Waals surface area contributed by atoms with Crippen molar-refractivity contribution in [2.75, 3.05) is 23.7 Å². The molecule has 6 heteroatoms. The normalized spacial score (nSPS) is 13.5. The molecule has 6 aromatic carbocycles. The molecule has 0 unspecified atom stereocenters. The van der Waals surface area contributed by atoms with Gasteiger partial charge in [-0.05, 0) is 87.6 Å². The van der Waals surface area contributed by atoms with Crippen LogP contribution in [-0.2, 0) is 0 Å². The van der Waals surface area contributed by atoms with Gasteiger partial charge in [-0.1, -0.05) is 54.6 Å². The lowest BCUT2D eigenvalue weighted by molar-refractivity contribution is 0.669. The monoisotopic (exact) mass is 580 g/mol. The molecule has 0 amide bonds. The second-order valence-corrected chi connectivity index (χ2v) is 12.4. The highest BCUT2D eigenvalue weighted by molar-refractivity contribution is 6.68. The van der Waals surface area contributed by atoms with Crippen LogP contribution in [0.5, 0.6) is 0 Å². The highest BCUT2D eigenvalue weighted by Gasteiger charge is 2.33. The standard InChI is InChI=1S/C39H29BN4O/c1-40-41(2)36-22-29-28-12-6-9-15-34(28)44(35(29)23-37(36)42(40)3)25-17-19-39-31(21-25)30-20-24(16-18-38(30)45-39)43-32-13-7-4-10-26(32)27-11-5-8-14-33(27)43/h4-23H,1-3H3. The van der Waals surface area contributed by atoms with Gasteiger partial charge < -0.3 is 23.2 Å². The van der Waals surface area contributed by atoms with Crippen molar-refractivity contribution < 1.29 is 4.42 Å². The molecule has 3 aromatic heterocycles. The molecule has 1 aliphatic rings. The van der Waals surface area contributed by atoms with Crippen LogP contribution in [0.4, 0.5) is 11.4 Å². The molecule has 0 saturated carbocycles. The second kappa shape index (κ2) is 8.73. The largest absolute Gasteiger partial charge is 0.456 e. The molecule has 4 heterocycles. The minimum Gasteiger partial charge on any atom is -0.456 e. The molecule has 9 aromatic rings. The molecule has 5 nitrogen and oxygen atoms in total. The number of benzene rings is 6. The quantitative estimate of drug-likeness (QED) is 0.191. The average molecular weight is 581 g/mol. The molecule has 0 radical (unpaired) electrons. The SMILES string of the molecule is CB1N(C)c2cc3c4ccccc4n(-c4ccc5oc6ccc(-n7c8ccccc8c8ccccc87)cc6c5c4)c3cc2N1C. The first-order valence-corrected chi connectivity index (χ1v) is 15.5. The number of anilines is 2. The van der Waals surface area contributed by atoms with E-state index in [9.17, 15) is 0 Å². The topological polar surface area (TPSA) is 29.5 Å². The van der Waals surface area contributed by atoms with Crippen LogP contribution in [0.1, 0.15) is 0 Å². The molecule has 0 bridgehead atoms. The maximum Gasteiger partial charge on any atom is 0.371 e. The van der Waals surface area contributed by atoms with Crippen LogP contribution < -0.4 is 9.62 Å². The van der Waals surface area contributed by atoms with Gasteiger partial charge in [-0.3, -0.25) is 0 Å². The molecule has 0 fully saturated rings. The van der Waals surface area contributed by atoms with Crippen molar-refractivity contribution in [1.82, 2.24) is 9.13 Å². The zero-order valence-electron chi connectivity index (χ0n) is 25.3. The molecule has 214 valence electrons. The van der Waals surface area contributed by atoms with Crippen molar-refractivity contribution in [3.05, 3.63) is 121 Å². The van der Waals surface area contributed by atoms with E-state index >= 15 is 0 Å². The Balaban J connectivity index is 1.23. The first-order valence-electron chi connectivity index (χ1n) is 15.5. The lowest BCUT2D eigenvalue weighted by Crippen LogP contribution is -2.41. The van der Waals surface area contributed by atoms with Crippen molar-refractivity contribution >= 4 is 83.9 Å². The van der Waals surface area contributed by atoms with Crippen LogP contribution in [0.15, 0.2) is 126 Å². The zero-order chi connectivity index (χ0) is 30.0. The summed E-state index contributed by atoms with van der Waals surface area (Å²) < 4.78 is 11.2. The van der Waals surface area contributed by atoms with Gasteiger partial charge in [-0.25, -0.2) is 0 Å². The lowest BCUT2D eigenvalue weighted by atomic mass is 9.78. The van der Waals surface area contributed by atoms with Crippen LogP contribution in [0.25, 0.3) is 76.9 Å². The highest BCUT2D eigenvalue weighted by Crippen LogP contribution is 2.44. The highest BCUT2D eigenvalue weighted by atomic mass is 16.3. The molecule has 0 aliphatic carbocycles. The minimum atomic E-state index is 0.309. The Morgan fingerprint density at radius 3 is 1.42 bits per heavy atom. The molecule has 0 saturated heterocycles. The molecule has 0 atom stereocenters. The van der Waals surface area contributed by atoms with E-state index in [4.69, 9.17) is 4.42 Å². The first-order chi connectivity index (χ1) is 22.1. The van der Waals surface area contributed by atoms with Crippen LogP contribution in [0.2, 0.25) is 6.82 Å². The maximum absolute atomic E-state index is 6.41. The van der Waals surface area contributed by atoms with E-state index in [0.717, 1.165) is 33.3 Å². The molecule has 0 N–H and O–H groups in total. The van der Waals surface area contributed by atoms with E-state index in [1.54, 1.807) is 0 Å². The fraction of sp³-hybridized carbons (Fsp3) is 0.0769. The number of aromatic nitrogens is 2. The number of hydrogen-bond donors (Lipinski definition) is 0. The Morgan fingerprint density at radius 1 is 0.444 bits per heavy atom.